The summed E-state index contributed by atoms with van der Waals surface area (Å²) in [5.74, 6) is 0. The molecule has 0 amide bonds. The highest BCUT2D eigenvalue weighted by atomic mass is 31.0. The molecule has 0 saturated heterocycles. The van der Waals surface area contributed by atoms with Crippen LogP contribution >= 0.6 is 9.24 Å². The highest BCUT2D eigenvalue weighted by Gasteiger charge is 1.93. The van der Waals surface area contributed by atoms with Crippen LogP contribution < -0.4 is 0 Å². The van der Waals surface area contributed by atoms with Gasteiger partial charge in [-0.25, -0.2) is 0 Å². The molecule has 0 nitrogen and oxygen atoms in total. The largest absolute Gasteiger partial charge is 0.133 e. The Morgan fingerprint density at radius 2 is 2.00 bits per heavy atom. The zero-order valence-electron chi connectivity index (χ0n) is 6.52. The summed E-state index contributed by atoms with van der Waals surface area (Å²) >= 11 is 0. The average Bonchev–Trinajstić information content (AvgIpc) is 1.94. The number of aryl methyl sites for hydroxylation is 2. The van der Waals surface area contributed by atoms with E-state index in [-0.39, 0.29) is 0 Å². The number of rotatable bonds is 1. The third-order valence-corrected chi connectivity index (χ3v) is 2.16. The Kier molecular flexibility index (Phi) is 2.45. The molecule has 0 bridgehead atoms. The zero-order chi connectivity index (χ0) is 7.56. The quantitative estimate of drug-likeness (QED) is 0.543. The van der Waals surface area contributed by atoms with Crippen LogP contribution in [0.25, 0.3) is 0 Å². The maximum Gasteiger partial charge on any atom is -0.0126 e. The minimum absolute atomic E-state index is 1.06. The van der Waals surface area contributed by atoms with Crippen molar-refractivity contribution in [3.63, 3.8) is 0 Å². The third kappa shape index (κ3) is 1.58. The third-order valence-electron chi connectivity index (χ3n) is 1.72. The first kappa shape index (κ1) is 7.75. The van der Waals surface area contributed by atoms with Crippen molar-refractivity contribution in [2.75, 3.05) is 0 Å². The Bertz CT molecular complexity index is 228. The molecule has 0 heterocycles. The van der Waals surface area contributed by atoms with E-state index in [0.717, 1.165) is 6.16 Å². The normalized spacial score (nSPS) is 9.90. The van der Waals surface area contributed by atoms with Crippen molar-refractivity contribution >= 4 is 9.24 Å². The van der Waals surface area contributed by atoms with Gasteiger partial charge >= 0.3 is 0 Å². The summed E-state index contributed by atoms with van der Waals surface area (Å²) in [6.07, 6.45) is 1.06. The highest BCUT2D eigenvalue weighted by molar-refractivity contribution is 7.15. The van der Waals surface area contributed by atoms with Gasteiger partial charge in [-0.1, -0.05) is 23.8 Å². The molecule has 0 aliphatic heterocycles. The van der Waals surface area contributed by atoms with Crippen molar-refractivity contribution < 1.29 is 0 Å². The SMILES string of the molecule is Cc1ccc(C)c(CP)c1. The second-order valence-corrected chi connectivity index (χ2v) is 3.04. The summed E-state index contributed by atoms with van der Waals surface area (Å²) in [6.45, 7) is 4.28. The molecule has 0 aliphatic carbocycles. The van der Waals surface area contributed by atoms with Crippen LogP contribution in [0.15, 0.2) is 18.2 Å². The lowest BCUT2D eigenvalue weighted by molar-refractivity contribution is 1.28. The lowest BCUT2D eigenvalue weighted by Crippen LogP contribution is -1.84. The smallest absolute Gasteiger partial charge is 0.0126 e. The van der Waals surface area contributed by atoms with Crippen molar-refractivity contribution in [2.24, 2.45) is 0 Å². The van der Waals surface area contributed by atoms with Gasteiger partial charge in [0.25, 0.3) is 0 Å². The molecule has 1 aromatic rings. The van der Waals surface area contributed by atoms with Crippen LogP contribution in [0, 0.1) is 13.8 Å². The van der Waals surface area contributed by atoms with Crippen LogP contribution in [0.3, 0.4) is 0 Å². The van der Waals surface area contributed by atoms with Gasteiger partial charge in [-0.05, 0) is 31.1 Å². The summed E-state index contributed by atoms with van der Waals surface area (Å²) in [5.41, 5.74) is 4.17. The van der Waals surface area contributed by atoms with Crippen molar-refractivity contribution in [1.29, 1.82) is 0 Å². The minimum Gasteiger partial charge on any atom is -0.133 e. The Hall–Kier alpha value is -0.350. The maximum atomic E-state index is 2.75. The topological polar surface area (TPSA) is 0 Å². The molecule has 0 radical (unpaired) electrons. The second-order valence-electron chi connectivity index (χ2n) is 2.63. The first-order valence-electron chi connectivity index (χ1n) is 3.50. The number of hydrogen-bond donors (Lipinski definition) is 0. The highest BCUT2D eigenvalue weighted by Crippen LogP contribution is 2.13. The van der Waals surface area contributed by atoms with E-state index in [1.54, 1.807) is 0 Å². The predicted molar refractivity (Wildman–Crippen MR) is 49.3 cm³/mol. The number of hydrogen-bond acceptors (Lipinski definition) is 0. The van der Waals surface area contributed by atoms with Gasteiger partial charge in [-0.15, -0.1) is 9.24 Å². The molecule has 0 fully saturated rings. The standard InChI is InChI=1S/C9H13P/c1-7-3-4-8(2)9(5-7)6-10/h3-5H,6,10H2,1-2H3. The van der Waals surface area contributed by atoms with Gasteiger partial charge in [0.15, 0.2) is 0 Å². The Morgan fingerprint density at radius 3 is 2.50 bits per heavy atom. The molecule has 0 aliphatic rings. The second kappa shape index (κ2) is 3.16. The van der Waals surface area contributed by atoms with Crippen LogP contribution in [-0.4, -0.2) is 0 Å². The predicted octanol–water partition coefficient (Wildman–Crippen LogP) is 2.68. The number of benzene rings is 1. The van der Waals surface area contributed by atoms with Gasteiger partial charge in [-0.2, -0.15) is 0 Å². The van der Waals surface area contributed by atoms with Crippen molar-refractivity contribution in [2.45, 2.75) is 20.0 Å². The molecule has 0 N–H and O–H groups in total. The minimum atomic E-state index is 1.06. The van der Waals surface area contributed by atoms with Gasteiger partial charge in [0.1, 0.15) is 0 Å². The fraction of sp³-hybridized carbons (Fsp3) is 0.333. The van der Waals surface area contributed by atoms with Gasteiger partial charge in [0, 0.05) is 0 Å². The van der Waals surface area contributed by atoms with E-state index in [9.17, 15) is 0 Å². The molecule has 0 spiro atoms. The van der Waals surface area contributed by atoms with E-state index in [2.05, 4.69) is 41.3 Å². The lowest BCUT2D eigenvalue weighted by atomic mass is 10.1. The van der Waals surface area contributed by atoms with E-state index >= 15 is 0 Å². The summed E-state index contributed by atoms with van der Waals surface area (Å²) in [6, 6.07) is 6.57. The Morgan fingerprint density at radius 1 is 1.30 bits per heavy atom. The maximum absolute atomic E-state index is 2.75. The Labute approximate surface area is 64.9 Å². The molecule has 1 rings (SSSR count). The summed E-state index contributed by atoms with van der Waals surface area (Å²) < 4.78 is 0. The molecule has 54 valence electrons. The van der Waals surface area contributed by atoms with Crippen LogP contribution in [0.2, 0.25) is 0 Å². The molecule has 10 heavy (non-hydrogen) atoms. The zero-order valence-corrected chi connectivity index (χ0v) is 7.67. The first-order chi connectivity index (χ1) is 4.74. The summed E-state index contributed by atoms with van der Waals surface area (Å²) in [7, 11) is 2.75. The molecule has 1 unspecified atom stereocenters. The molecule has 1 heteroatoms. The van der Waals surface area contributed by atoms with E-state index in [4.69, 9.17) is 0 Å². The molecule has 0 aromatic heterocycles. The molecule has 1 aromatic carbocycles. The molecule has 1 atom stereocenters. The van der Waals surface area contributed by atoms with Gasteiger partial charge in [-0.3, -0.25) is 0 Å². The van der Waals surface area contributed by atoms with Crippen LogP contribution in [-0.2, 0) is 6.16 Å². The van der Waals surface area contributed by atoms with Crippen LogP contribution in [0.5, 0.6) is 0 Å². The van der Waals surface area contributed by atoms with E-state index in [1.165, 1.54) is 16.7 Å². The van der Waals surface area contributed by atoms with E-state index < -0.39 is 0 Å². The van der Waals surface area contributed by atoms with E-state index in [1.807, 2.05) is 0 Å². The van der Waals surface area contributed by atoms with Gasteiger partial charge in [0.05, 0.1) is 0 Å². The summed E-state index contributed by atoms with van der Waals surface area (Å²) in [5, 5.41) is 0. The average molecular weight is 152 g/mol. The molecule has 0 saturated carbocycles. The lowest BCUT2D eigenvalue weighted by Gasteiger charge is -2.02. The first-order valence-corrected chi connectivity index (χ1v) is 4.32. The van der Waals surface area contributed by atoms with Crippen molar-refractivity contribution in [1.82, 2.24) is 0 Å². The van der Waals surface area contributed by atoms with Crippen molar-refractivity contribution in [3.8, 4) is 0 Å². The van der Waals surface area contributed by atoms with E-state index in [0.29, 0.717) is 0 Å². The molecular formula is C9H13P. The fourth-order valence-corrected chi connectivity index (χ4v) is 1.46. The van der Waals surface area contributed by atoms with Crippen LogP contribution in [0.1, 0.15) is 16.7 Å². The van der Waals surface area contributed by atoms with Crippen molar-refractivity contribution in [3.05, 3.63) is 34.9 Å². The van der Waals surface area contributed by atoms with Gasteiger partial charge < -0.3 is 0 Å². The van der Waals surface area contributed by atoms with Crippen LogP contribution in [0.4, 0.5) is 0 Å². The van der Waals surface area contributed by atoms with Gasteiger partial charge in [0.2, 0.25) is 0 Å². The monoisotopic (exact) mass is 152 g/mol. The fourth-order valence-electron chi connectivity index (χ4n) is 1.02. The molecular weight excluding hydrogens is 139 g/mol. The Balaban J connectivity index is 3.09. The summed E-state index contributed by atoms with van der Waals surface area (Å²) in [4.78, 5) is 0.